The van der Waals surface area contributed by atoms with Gasteiger partial charge in [-0.25, -0.2) is 4.98 Å². The Morgan fingerprint density at radius 2 is 2.29 bits per heavy atom. The quantitative estimate of drug-likeness (QED) is 0.597. The number of carbonyl (C=O) groups excluding carboxylic acids is 1. The lowest BCUT2D eigenvalue weighted by Gasteiger charge is -2.20. The van der Waals surface area contributed by atoms with E-state index < -0.39 is 0 Å². The SMILES string of the molecule is CC(C)N(C)C(=O)CSc1nc(N)cc(=O)[nH]1. The molecule has 1 aromatic rings. The van der Waals surface area contributed by atoms with Gasteiger partial charge < -0.3 is 15.6 Å². The molecule has 0 aliphatic heterocycles. The number of nitrogens with two attached hydrogens (primary N) is 1. The molecule has 1 aromatic heterocycles. The predicted octanol–water partition coefficient (Wildman–Crippen LogP) is 0.311. The van der Waals surface area contributed by atoms with E-state index in [0.717, 1.165) is 11.8 Å². The Hall–Kier alpha value is -1.50. The third kappa shape index (κ3) is 4.10. The Bertz CT molecular complexity index is 458. The molecule has 0 saturated carbocycles. The molecule has 0 unspecified atom stereocenters. The third-order valence-electron chi connectivity index (χ3n) is 2.24. The zero-order valence-electron chi connectivity index (χ0n) is 10.1. The van der Waals surface area contributed by atoms with Crippen molar-refractivity contribution < 1.29 is 4.79 Å². The van der Waals surface area contributed by atoms with Crippen molar-refractivity contribution in [3.8, 4) is 0 Å². The summed E-state index contributed by atoms with van der Waals surface area (Å²) in [5.41, 5.74) is 5.12. The number of nitrogens with zero attached hydrogens (tertiary/aromatic N) is 2. The van der Waals surface area contributed by atoms with Crippen LogP contribution in [0, 0.1) is 0 Å². The molecule has 0 atom stereocenters. The van der Waals surface area contributed by atoms with Gasteiger partial charge in [-0.1, -0.05) is 11.8 Å². The monoisotopic (exact) mass is 256 g/mol. The lowest BCUT2D eigenvalue weighted by Crippen LogP contribution is -2.34. The summed E-state index contributed by atoms with van der Waals surface area (Å²) in [6.07, 6.45) is 0. The predicted molar refractivity (Wildman–Crippen MR) is 67.9 cm³/mol. The van der Waals surface area contributed by atoms with Crippen molar-refractivity contribution in [2.45, 2.75) is 25.0 Å². The first-order valence-corrected chi connectivity index (χ1v) is 6.14. The molecule has 3 N–H and O–H groups in total. The summed E-state index contributed by atoms with van der Waals surface area (Å²) in [5.74, 6) is 0.358. The van der Waals surface area contributed by atoms with Crippen molar-refractivity contribution in [2.75, 3.05) is 18.5 Å². The van der Waals surface area contributed by atoms with E-state index >= 15 is 0 Å². The van der Waals surface area contributed by atoms with Crippen LogP contribution in [-0.2, 0) is 4.79 Å². The lowest BCUT2D eigenvalue weighted by molar-refractivity contribution is -0.128. The molecular formula is C10H16N4O2S. The van der Waals surface area contributed by atoms with E-state index in [0.29, 0.717) is 5.16 Å². The lowest BCUT2D eigenvalue weighted by atomic mass is 10.3. The number of hydrogen-bond donors (Lipinski definition) is 2. The highest BCUT2D eigenvalue weighted by molar-refractivity contribution is 7.99. The van der Waals surface area contributed by atoms with E-state index in [-0.39, 0.29) is 29.1 Å². The normalized spacial score (nSPS) is 10.6. The van der Waals surface area contributed by atoms with Gasteiger partial charge in [0.25, 0.3) is 5.56 Å². The van der Waals surface area contributed by atoms with Gasteiger partial charge in [0, 0.05) is 19.2 Å². The molecule has 7 heteroatoms. The first-order valence-electron chi connectivity index (χ1n) is 5.15. The number of amides is 1. The Kier molecular flexibility index (Phi) is 4.56. The van der Waals surface area contributed by atoms with Crippen molar-refractivity contribution >= 4 is 23.5 Å². The van der Waals surface area contributed by atoms with Crippen LogP contribution in [0.4, 0.5) is 5.82 Å². The number of aromatic nitrogens is 2. The van der Waals surface area contributed by atoms with Gasteiger partial charge in [0.1, 0.15) is 5.82 Å². The summed E-state index contributed by atoms with van der Waals surface area (Å²) in [5, 5.41) is 0.362. The van der Waals surface area contributed by atoms with Crippen LogP contribution in [0.15, 0.2) is 16.0 Å². The van der Waals surface area contributed by atoms with Crippen LogP contribution in [-0.4, -0.2) is 39.6 Å². The summed E-state index contributed by atoms with van der Waals surface area (Å²) in [6.45, 7) is 3.87. The highest BCUT2D eigenvalue weighted by atomic mass is 32.2. The molecule has 6 nitrogen and oxygen atoms in total. The Morgan fingerprint density at radius 1 is 1.65 bits per heavy atom. The number of H-pyrrole nitrogens is 1. The largest absolute Gasteiger partial charge is 0.383 e. The molecule has 0 aromatic carbocycles. The molecule has 17 heavy (non-hydrogen) atoms. The molecule has 0 fully saturated rings. The van der Waals surface area contributed by atoms with Gasteiger partial charge in [-0.3, -0.25) is 9.59 Å². The average Bonchev–Trinajstić information content (AvgIpc) is 2.23. The summed E-state index contributed by atoms with van der Waals surface area (Å²) >= 11 is 1.16. The average molecular weight is 256 g/mol. The fraction of sp³-hybridized carbons (Fsp3) is 0.500. The fourth-order valence-corrected chi connectivity index (χ4v) is 1.85. The van der Waals surface area contributed by atoms with Crippen molar-refractivity contribution in [1.29, 1.82) is 0 Å². The van der Waals surface area contributed by atoms with E-state index in [4.69, 9.17) is 5.73 Å². The summed E-state index contributed by atoms with van der Waals surface area (Å²) in [6, 6.07) is 1.35. The van der Waals surface area contributed by atoms with Crippen molar-refractivity contribution in [3.63, 3.8) is 0 Å². The van der Waals surface area contributed by atoms with Crippen LogP contribution < -0.4 is 11.3 Å². The van der Waals surface area contributed by atoms with Crippen LogP contribution >= 0.6 is 11.8 Å². The van der Waals surface area contributed by atoms with Crippen molar-refractivity contribution in [2.24, 2.45) is 0 Å². The van der Waals surface area contributed by atoms with E-state index in [2.05, 4.69) is 9.97 Å². The van der Waals surface area contributed by atoms with Gasteiger partial charge in [-0.15, -0.1) is 0 Å². The highest BCUT2D eigenvalue weighted by Gasteiger charge is 2.12. The molecule has 0 saturated heterocycles. The minimum atomic E-state index is -0.315. The van der Waals surface area contributed by atoms with E-state index in [1.165, 1.54) is 6.07 Å². The second-order valence-corrected chi connectivity index (χ2v) is 4.83. The third-order valence-corrected chi connectivity index (χ3v) is 3.10. The molecule has 94 valence electrons. The zero-order chi connectivity index (χ0) is 13.0. The summed E-state index contributed by atoms with van der Waals surface area (Å²) in [7, 11) is 1.74. The topological polar surface area (TPSA) is 92.1 Å². The van der Waals surface area contributed by atoms with E-state index in [1.807, 2.05) is 13.8 Å². The molecule has 1 rings (SSSR count). The molecule has 0 bridgehead atoms. The van der Waals surface area contributed by atoms with Gasteiger partial charge in [0.05, 0.1) is 5.75 Å². The minimum Gasteiger partial charge on any atom is -0.383 e. The number of thioether (sulfide) groups is 1. The molecule has 0 aliphatic carbocycles. The molecule has 1 amide bonds. The molecule has 0 radical (unpaired) electrons. The number of hydrogen-bond acceptors (Lipinski definition) is 5. The standard InChI is InChI=1S/C10H16N4O2S/c1-6(2)14(3)9(16)5-17-10-12-7(11)4-8(15)13-10/h4,6H,5H2,1-3H3,(H3,11,12,13,15). The first-order chi connectivity index (χ1) is 7.90. The number of nitrogen functional groups attached to an aromatic ring is 1. The van der Waals surface area contributed by atoms with Crippen LogP contribution in [0.1, 0.15) is 13.8 Å². The zero-order valence-corrected chi connectivity index (χ0v) is 10.9. The van der Waals surface area contributed by atoms with Gasteiger partial charge in [-0.2, -0.15) is 0 Å². The molecular weight excluding hydrogens is 240 g/mol. The van der Waals surface area contributed by atoms with E-state index in [9.17, 15) is 9.59 Å². The van der Waals surface area contributed by atoms with Gasteiger partial charge in [0.15, 0.2) is 5.16 Å². The molecule has 1 heterocycles. The maximum absolute atomic E-state index is 11.7. The second-order valence-electron chi connectivity index (χ2n) is 3.86. The highest BCUT2D eigenvalue weighted by Crippen LogP contribution is 2.12. The van der Waals surface area contributed by atoms with Crippen molar-refractivity contribution in [1.82, 2.24) is 14.9 Å². The van der Waals surface area contributed by atoms with Crippen LogP contribution in [0.2, 0.25) is 0 Å². The number of carbonyl (C=O) groups is 1. The van der Waals surface area contributed by atoms with Crippen LogP contribution in [0.3, 0.4) is 0 Å². The molecule has 0 aliphatic rings. The number of anilines is 1. The van der Waals surface area contributed by atoms with Crippen LogP contribution in [0.5, 0.6) is 0 Å². The molecule has 0 spiro atoms. The maximum Gasteiger partial charge on any atom is 0.253 e. The number of aromatic amines is 1. The Labute approximate surface area is 104 Å². The fourth-order valence-electron chi connectivity index (χ4n) is 1.04. The summed E-state index contributed by atoms with van der Waals surface area (Å²) in [4.78, 5) is 30.9. The Morgan fingerprint density at radius 3 is 2.82 bits per heavy atom. The maximum atomic E-state index is 11.7. The van der Waals surface area contributed by atoms with Crippen LogP contribution in [0.25, 0.3) is 0 Å². The Balaban J connectivity index is 2.62. The smallest absolute Gasteiger partial charge is 0.253 e. The number of rotatable bonds is 4. The minimum absolute atomic E-state index is 0.0185. The van der Waals surface area contributed by atoms with E-state index in [1.54, 1.807) is 11.9 Å². The number of nitrogens with one attached hydrogen (secondary N) is 1. The van der Waals surface area contributed by atoms with Gasteiger partial charge in [0.2, 0.25) is 5.91 Å². The second kappa shape index (κ2) is 5.72. The van der Waals surface area contributed by atoms with Gasteiger partial charge >= 0.3 is 0 Å². The first kappa shape index (κ1) is 13.6. The van der Waals surface area contributed by atoms with Gasteiger partial charge in [-0.05, 0) is 13.8 Å². The van der Waals surface area contributed by atoms with Crippen molar-refractivity contribution in [3.05, 3.63) is 16.4 Å². The summed E-state index contributed by atoms with van der Waals surface area (Å²) < 4.78 is 0.